The average molecular weight is 310 g/mol. The number of benzene rings is 1. The Bertz CT molecular complexity index is 676. The van der Waals surface area contributed by atoms with Crippen LogP contribution in [0, 0.1) is 10.1 Å². The number of nitro benzene ring substituents is 1. The molecule has 0 aliphatic heterocycles. The Balaban J connectivity index is 1.84. The Hall–Kier alpha value is -1.72. The van der Waals surface area contributed by atoms with Crippen molar-refractivity contribution in [2.45, 2.75) is 18.3 Å². The van der Waals surface area contributed by atoms with E-state index in [4.69, 9.17) is 23.2 Å². The molecule has 2 atom stereocenters. The summed E-state index contributed by atoms with van der Waals surface area (Å²) in [6.07, 6.45) is 4.32. The van der Waals surface area contributed by atoms with Gasteiger partial charge < -0.3 is 0 Å². The molecule has 0 radical (unpaired) electrons. The molecule has 20 heavy (non-hydrogen) atoms. The molecule has 1 aliphatic carbocycles. The highest BCUT2D eigenvalue weighted by atomic mass is 35.5. The quantitative estimate of drug-likeness (QED) is 0.489. The Kier molecular flexibility index (Phi) is 3.31. The van der Waals surface area contributed by atoms with Gasteiger partial charge in [-0.1, -0.05) is 17.7 Å². The van der Waals surface area contributed by atoms with Gasteiger partial charge in [-0.25, -0.2) is 9.97 Å². The molecule has 1 aromatic carbocycles. The number of nitrogens with zero attached hydrogens (tertiary/aromatic N) is 3. The normalized spacial score (nSPS) is 20.7. The molecule has 102 valence electrons. The zero-order chi connectivity index (χ0) is 14.3. The van der Waals surface area contributed by atoms with Gasteiger partial charge in [0.15, 0.2) is 0 Å². The van der Waals surface area contributed by atoms with E-state index in [0.29, 0.717) is 0 Å². The van der Waals surface area contributed by atoms with Crippen molar-refractivity contribution in [1.82, 2.24) is 9.97 Å². The minimum absolute atomic E-state index is 0.0535. The SMILES string of the molecule is O=[N+]([O-])c1cc(C2CC2c2cnc(Cl)nc2)ccc1Cl. The van der Waals surface area contributed by atoms with Crippen molar-refractivity contribution in [2.75, 3.05) is 0 Å². The smallest absolute Gasteiger partial charge is 0.258 e. The van der Waals surface area contributed by atoms with Crippen molar-refractivity contribution < 1.29 is 4.92 Å². The maximum absolute atomic E-state index is 10.9. The zero-order valence-electron chi connectivity index (χ0n) is 10.2. The van der Waals surface area contributed by atoms with Crippen molar-refractivity contribution >= 4 is 28.9 Å². The summed E-state index contributed by atoms with van der Waals surface area (Å²) in [6, 6.07) is 4.95. The van der Waals surface area contributed by atoms with Crippen LogP contribution in [0.5, 0.6) is 0 Å². The Morgan fingerprint density at radius 2 is 1.80 bits per heavy atom. The fourth-order valence-corrected chi connectivity index (χ4v) is 2.63. The fraction of sp³-hybridized carbons (Fsp3) is 0.231. The van der Waals surface area contributed by atoms with Gasteiger partial charge >= 0.3 is 0 Å². The monoisotopic (exact) mass is 309 g/mol. The lowest BCUT2D eigenvalue weighted by atomic mass is 10.1. The summed E-state index contributed by atoms with van der Waals surface area (Å²) in [5.41, 5.74) is 1.86. The Morgan fingerprint density at radius 3 is 2.45 bits per heavy atom. The Morgan fingerprint density at radius 1 is 1.15 bits per heavy atom. The molecule has 0 spiro atoms. The largest absolute Gasteiger partial charge is 0.288 e. The molecule has 5 nitrogen and oxygen atoms in total. The van der Waals surface area contributed by atoms with E-state index in [9.17, 15) is 10.1 Å². The van der Waals surface area contributed by atoms with E-state index in [1.165, 1.54) is 0 Å². The third-order valence-corrected chi connectivity index (χ3v) is 3.97. The molecular weight excluding hydrogens is 301 g/mol. The molecule has 0 N–H and O–H groups in total. The first-order chi connectivity index (χ1) is 9.56. The van der Waals surface area contributed by atoms with Crippen molar-refractivity contribution in [3.8, 4) is 0 Å². The number of halogens is 2. The van der Waals surface area contributed by atoms with Crippen molar-refractivity contribution in [3.63, 3.8) is 0 Å². The molecule has 2 unspecified atom stereocenters. The van der Waals surface area contributed by atoms with Crippen LogP contribution >= 0.6 is 23.2 Å². The lowest BCUT2D eigenvalue weighted by Crippen LogP contribution is -1.92. The zero-order valence-corrected chi connectivity index (χ0v) is 11.7. The van der Waals surface area contributed by atoms with Gasteiger partial charge in [0.05, 0.1) is 4.92 Å². The van der Waals surface area contributed by atoms with Gasteiger partial charge in [-0.05, 0) is 47.1 Å². The van der Waals surface area contributed by atoms with E-state index in [-0.39, 0.29) is 27.8 Å². The summed E-state index contributed by atoms with van der Waals surface area (Å²) in [4.78, 5) is 18.3. The molecule has 1 saturated carbocycles. The third kappa shape index (κ3) is 2.46. The maximum Gasteiger partial charge on any atom is 0.288 e. The van der Waals surface area contributed by atoms with Crippen LogP contribution in [0.3, 0.4) is 0 Å². The first-order valence-electron chi connectivity index (χ1n) is 5.97. The van der Waals surface area contributed by atoms with E-state index in [2.05, 4.69) is 9.97 Å². The minimum Gasteiger partial charge on any atom is -0.258 e. The van der Waals surface area contributed by atoms with Gasteiger partial charge in [-0.2, -0.15) is 0 Å². The molecular formula is C13H9Cl2N3O2. The van der Waals surface area contributed by atoms with Gasteiger partial charge in [0.25, 0.3) is 5.69 Å². The number of nitro groups is 1. The summed E-state index contributed by atoms with van der Waals surface area (Å²) in [5, 5.41) is 11.3. The lowest BCUT2D eigenvalue weighted by Gasteiger charge is -2.02. The van der Waals surface area contributed by atoms with Gasteiger partial charge in [-0.3, -0.25) is 10.1 Å². The lowest BCUT2D eigenvalue weighted by molar-refractivity contribution is -0.384. The second-order valence-electron chi connectivity index (χ2n) is 4.70. The average Bonchev–Trinajstić information content (AvgIpc) is 3.20. The molecule has 0 amide bonds. The second kappa shape index (κ2) is 5.00. The second-order valence-corrected chi connectivity index (χ2v) is 5.45. The van der Waals surface area contributed by atoms with Crippen molar-refractivity contribution in [3.05, 3.63) is 62.1 Å². The van der Waals surface area contributed by atoms with Crippen LogP contribution in [0.2, 0.25) is 10.3 Å². The van der Waals surface area contributed by atoms with Gasteiger partial charge in [0.1, 0.15) is 5.02 Å². The molecule has 0 bridgehead atoms. The van der Waals surface area contributed by atoms with Crippen LogP contribution in [0.15, 0.2) is 30.6 Å². The van der Waals surface area contributed by atoms with E-state index >= 15 is 0 Å². The number of hydrogen-bond donors (Lipinski definition) is 0. The molecule has 1 heterocycles. The van der Waals surface area contributed by atoms with E-state index < -0.39 is 4.92 Å². The molecule has 3 rings (SSSR count). The number of aromatic nitrogens is 2. The van der Waals surface area contributed by atoms with Gasteiger partial charge in [-0.15, -0.1) is 0 Å². The highest BCUT2D eigenvalue weighted by Gasteiger charge is 2.40. The summed E-state index contributed by atoms with van der Waals surface area (Å²) < 4.78 is 0. The van der Waals surface area contributed by atoms with Crippen LogP contribution < -0.4 is 0 Å². The van der Waals surface area contributed by atoms with Crippen LogP contribution in [-0.4, -0.2) is 14.9 Å². The predicted octanol–water partition coefficient (Wildman–Crippen LogP) is 3.96. The van der Waals surface area contributed by atoms with Crippen LogP contribution in [0.25, 0.3) is 0 Å². The minimum atomic E-state index is -0.464. The van der Waals surface area contributed by atoms with Crippen LogP contribution in [0.1, 0.15) is 29.4 Å². The molecule has 1 fully saturated rings. The van der Waals surface area contributed by atoms with Gasteiger partial charge in [0, 0.05) is 18.5 Å². The molecule has 1 aromatic heterocycles. The molecule has 7 heteroatoms. The summed E-state index contributed by atoms with van der Waals surface area (Å²) in [7, 11) is 0. The fourth-order valence-electron chi connectivity index (χ4n) is 2.35. The standard InChI is InChI=1S/C13H9Cl2N3O2/c14-11-2-1-7(3-12(11)18(19)20)9-4-10(9)8-5-16-13(15)17-6-8/h1-3,5-6,9-10H,4H2. The first kappa shape index (κ1) is 13.3. The molecule has 1 aliphatic rings. The van der Waals surface area contributed by atoms with Crippen molar-refractivity contribution in [1.29, 1.82) is 0 Å². The van der Waals surface area contributed by atoms with E-state index in [1.807, 2.05) is 6.07 Å². The van der Waals surface area contributed by atoms with Crippen molar-refractivity contribution in [2.24, 2.45) is 0 Å². The highest BCUT2D eigenvalue weighted by molar-refractivity contribution is 6.32. The number of hydrogen-bond acceptors (Lipinski definition) is 4. The van der Waals surface area contributed by atoms with E-state index in [0.717, 1.165) is 17.5 Å². The third-order valence-electron chi connectivity index (χ3n) is 3.45. The summed E-state index contributed by atoms with van der Waals surface area (Å²) >= 11 is 11.5. The number of rotatable bonds is 3. The molecule has 2 aromatic rings. The Labute approximate surface area is 124 Å². The van der Waals surface area contributed by atoms with Crippen LogP contribution in [-0.2, 0) is 0 Å². The van der Waals surface area contributed by atoms with Crippen LogP contribution in [0.4, 0.5) is 5.69 Å². The van der Waals surface area contributed by atoms with E-state index in [1.54, 1.807) is 24.5 Å². The van der Waals surface area contributed by atoms with Gasteiger partial charge in [0.2, 0.25) is 5.28 Å². The summed E-state index contributed by atoms with van der Waals surface area (Å²) in [5.74, 6) is 0.531. The predicted molar refractivity (Wildman–Crippen MR) is 75.2 cm³/mol. The molecule has 0 saturated heterocycles. The topological polar surface area (TPSA) is 68.9 Å². The maximum atomic E-state index is 10.9. The highest BCUT2D eigenvalue weighted by Crippen LogP contribution is 2.55. The first-order valence-corrected chi connectivity index (χ1v) is 6.73. The summed E-state index contributed by atoms with van der Waals surface area (Å²) in [6.45, 7) is 0.